The molecule has 0 saturated carbocycles. The van der Waals surface area contributed by atoms with E-state index in [0.717, 1.165) is 22.1 Å². The topological polar surface area (TPSA) is 122 Å². The summed E-state index contributed by atoms with van der Waals surface area (Å²) in [5.41, 5.74) is 1.98. The number of carbonyl (C=O) groups excluding carboxylic acids is 3. The molecule has 38 heavy (non-hydrogen) atoms. The summed E-state index contributed by atoms with van der Waals surface area (Å²) in [4.78, 5) is 55.4. The van der Waals surface area contributed by atoms with Gasteiger partial charge in [-0.15, -0.1) is 0 Å². The fourth-order valence-electron chi connectivity index (χ4n) is 5.80. The van der Waals surface area contributed by atoms with Crippen LogP contribution in [0.3, 0.4) is 0 Å². The molecule has 6 rings (SSSR count). The van der Waals surface area contributed by atoms with Crippen molar-refractivity contribution in [2.45, 2.75) is 12.1 Å². The number of fused-ring (bicyclic) bond motifs is 5. The average molecular weight is 511 g/mol. The van der Waals surface area contributed by atoms with Gasteiger partial charge in [-0.25, -0.2) is 4.90 Å². The predicted molar refractivity (Wildman–Crippen MR) is 138 cm³/mol. The van der Waals surface area contributed by atoms with Crippen molar-refractivity contribution in [1.82, 2.24) is 4.90 Å². The zero-order valence-corrected chi connectivity index (χ0v) is 20.2. The third-order valence-electron chi connectivity index (χ3n) is 7.39. The van der Waals surface area contributed by atoms with Crippen LogP contribution in [-0.4, -0.2) is 40.7 Å². The Labute approximate surface area is 217 Å². The highest BCUT2D eigenvalue weighted by molar-refractivity contribution is 6.25. The van der Waals surface area contributed by atoms with E-state index in [1.54, 1.807) is 35.4 Å². The second-order valence-corrected chi connectivity index (χ2v) is 9.31. The summed E-state index contributed by atoms with van der Waals surface area (Å²) in [6, 6.07) is 18.6. The minimum Gasteiger partial charge on any atom is -0.495 e. The Bertz CT molecular complexity index is 1520. The number of nitro groups is 1. The van der Waals surface area contributed by atoms with Gasteiger partial charge in [0, 0.05) is 24.0 Å². The average Bonchev–Trinajstić information content (AvgIpc) is 3.41. The van der Waals surface area contributed by atoms with E-state index >= 15 is 0 Å². The zero-order chi connectivity index (χ0) is 26.6. The molecule has 10 heteroatoms. The summed E-state index contributed by atoms with van der Waals surface area (Å²) in [6.45, 7) is 0. The molecule has 0 spiro atoms. The lowest BCUT2D eigenvalue weighted by atomic mass is 9.84. The first-order valence-corrected chi connectivity index (χ1v) is 12.0. The normalized spacial score (nSPS) is 23.1. The number of nitro benzene ring substituents is 1. The molecule has 0 radical (unpaired) electrons. The number of methoxy groups -OCH3 is 1. The molecule has 0 aliphatic carbocycles. The number of nitrogens with zero attached hydrogens (tertiary/aromatic N) is 3. The molecule has 3 heterocycles. The molecule has 190 valence electrons. The van der Waals surface area contributed by atoms with Crippen LogP contribution in [0.15, 0.2) is 79.0 Å². The molecule has 10 nitrogen and oxygen atoms in total. The van der Waals surface area contributed by atoms with Crippen molar-refractivity contribution in [2.24, 2.45) is 11.8 Å². The van der Waals surface area contributed by atoms with Gasteiger partial charge >= 0.3 is 0 Å². The Morgan fingerprint density at radius 1 is 0.974 bits per heavy atom. The molecule has 0 unspecified atom stereocenters. The monoisotopic (exact) mass is 510 g/mol. The van der Waals surface area contributed by atoms with Gasteiger partial charge in [0.2, 0.25) is 17.7 Å². The summed E-state index contributed by atoms with van der Waals surface area (Å²) >= 11 is 0. The Morgan fingerprint density at radius 3 is 2.42 bits per heavy atom. The van der Waals surface area contributed by atoms with E-state index in [1.807, 2.05) is 36.4 Å². The highest BCUT2D eigenvalue weighted by atomic mass is 16.6. The second kappa shape index (κ2) is 8.84. The van der Waals surface area contributed by atoms with Crippen molar-refractivity contribution in [2.75, 3.05) is 17.3 Å². The minimum atomic E-state index is -1.02. The van der Waals surface area contributed by atoms with Crippen molar-refractivity contribution < 1.29 is 24.0 Å². The SMILES string of the molecule is COc1ccc([N+](=O)[O-])cc1N1C(=O)[C@@H]2[C@H](C1=O)[C@H]1c3ccccc3C=CN1[C@H]2C(=O)Nc1ccccc1. The molecule has 2 fully saturated rings. The Kier molecular flexibility index (Phi) is 5.45. The number of hydrogen-bond acceptors (Lipinski definition) is 7. The highest BCUT2D eigenvalue weighted by Gasteiger charge is 2.65. The largest absolute Gasteiger partial charge is 0.495 e. The summed E-state index contributed by atoms with van der Waals surface area (Å²) < 4.78 is 5.36. The number of carbonyl (C=O) groups is 3. The number of benzene rings is 3. The summed E-state index contributed by atoms with van der Waals surface area (Å²) in [5, 5.41) is 14.4. The summed E-state index contributed by atoms with van der Waals surface area (Å²) in [7, 11) is 1.36. The minimum absolute atomic E-state index is 0.0143. The highest BCUT2D eigenvalue weighted by Crippen LogP contribution is 2.54. The van der Waals surface area contributed by atoms with Crippen LogP contribution in [0, 0.1) is 22.0 Å². The molecule has 0 aromatic heterocycles. The maximum Gasteiger partial charge on any atom is 0.271 e. The fraction of sp³-hybridized carbons (Fsp3) is 0.179. The number of para-hydroxylation sites is 1. The van der Waals surface area contributed by atoms with Crippen molar-refractivity contribution in [3.8, 4) is 5.75 Å². The van der Waals surface area contributed by atoms with Gasteiger partial charge in [-0.1, -0.05) is 42.5 Å². The Morgan fingerprint density at radius 2 is 1.68 bits per heavy atom. The lowest BCUT2D eigenvalue weighted by molar-refractivity contribution is -0.384. The molecule has 3 aliphatic heterocycles. The number of hydrogen-bond donors (Lipinski definition) is 1. The number of imide groups is 1. The van der Waals surface area contributed by atoms with Gasteiger partial charge in [0.25, 0.3) is 5.69 Å². The van der Waals surface area contributed by atoms with Gasteiger partial charge in [0.1, 0.15) is 17.5 Å². The van der Waals surface area contributed by atoms with Gasteiger partial charge in [0.05, 0.1) is 29.9 Å². The van der Waals surface area contributed by atoms with Crippen molar-refractivity contribution in [3.05, 3.63) is 100 Å². The van der Waals surface area contributed by atoms with Crippen molar-refractivity contribution >= 4 is 40.9 Å². The Balaban J connectivity index is 1.47. The molecule has 3 aliphatic rings. The molecule has 3 aromatic rings. The molecule has 4 atom stereocenters. The van der Waals surface area contributed by atoms with E-state index < -0.39 is 46.6 Å². The smallest absolute Gasteiger partial charge is 0.271 e. The van der Waals surface area contributed by atoms with Gasteiger partial charge in [-0.2, -0.15) is 0 Å². The molecular formula is C28H22N4O6. The number of nitrogens with one attached hydrogen (secondary N) is 1. The van der Waals surface area contributed by atoms with E-state index in [4.69, 9.17) is 4.74 Å². The fourth-order valence-corrected chi connectivity index (χ4v) is 5.80. The van der Waals surface area contributed by atoms with Crippen molar-refractivity contribution in [3.63, 3.8) is 0 Å². The van der Waals surface area contributed by atoms with Gasteiger partial charge in [-0.05, 0) is 35.4 Å². The van der Waals surface area contributed by atoms with Crippen LogP contribution in [0.25, 0.3) is 6.08 Å². The third kappa shape index (κ3) is 3.45. The van der Waals surface area contributed by atoms with E-state index in [9.17, 15) is 24.5 Å². The summed E-state index contributed by atoms with van der Waals surface area (Å²) in [5.74, 6) is -3.32. The van der Waals surface area contributed by atoms with Crippen LogP contribution in [0.2, 0.25) is 0 Å². The molecule has 2 saturated heterocycles. The lowest BCUT2D eigenvalue weighted by Gasteiger charge is -2.35. The first kappa shape index (κ1) is 23.4. The van der Waals surface area contributed by atoms with Gasteiger partial charge in [0.15, 0.2) is 0 Å². The first-order chi connectivity index (χ1) is 18.4. The molecule has 3 aromatic carbocycles. The number of non-ortho nitro benzene ring substituents is 1. The van der Waals surface area contributed by atoms with E-state index in [1.165, 1.54) is 19.2 Å². The number of rotatable bonds is 5. The van der Waals surface area contributed by atoms with E-state index in [0.29, 0.717) is 5.69 Å². The first-order valence-electron chi connectivity index (χ1n) is 12.0. The van der Waals surface area contributed by atoms with Crippen LogP contribution < -0.4 is 15.0 Å². The van der Waals surface area contributed by atoms with Crippen LogP contribution in [0.1, 0.15) is 17.2 Å². The van der Waals surface area contributed by atoms with Crippen LogP contribution in [0.5, 0.6) is 5.75 Å². The van der Waals surface area contributed by atoms with Crippen LogP contribution in [0.4, 0.5) is 17.1 Å². The maximum atomic E-state index is 14.0. The quantitative estimate of drug-likeness (QED) is 0.315. The zero-order valence-electron chi connectivity index (χ0n) is 20.2. The third-order valence-corrected chi connectivity index (χ3v) is 7.39. The van der Waals surface area contributed by atoms with Crippen molar-refractivity contribution in [1.29, 1.82) is 0 Å². The van der Waals surface area contributed by atoms with Crippen LogP contribution in [-0.2, 0) is 14.4 Å². The standard InChI is InChI=1S/C28H22N4O6/c1-38-21-12-11-18(32(36)37)15-20(21)31-27(34)22-23(28(31)35)25(26(33)29-17-8-3-2-4-9-17)30-14-13-16-7-5-6-10-19(16)24(22)30/h2-15,22-25H,1H3,(H,29,33)/t22-,23+,24+,25+/m0/s1. The Hall–Kier alpha value is -4.99. The molecule has 3 amide bonds. The lowest BCUT2D eigenvalue weighted by Crippen LogP contribution is -2.46. The van der Waals surface area contributed by atoms with Gasteiger partial charge in [-0.3, -0.25) is 24.5 Å². The molecular weight excluding hydrogens is 488 g/mol. The molecule has 0 bridgehead atoms. The maximum absolute atomic E-state index is 14.0. The number of anilines is 2. The summed E-state index contributed by atoms with van der Waals surface area (Å²) in [6.07, 6.45) is 3.63. The molecule has 1 N–H and O–H groups in total. The van der Waals surface area contributed by atoms with E-state index in [-0.39, 0.29) is 17.1 Å². The van der Waals surface area contributed by atoms with E-state index in [2.05, 4.69) is 5.32 Å². The number of amides is 3. The van der Waals surface area contributed by atoms with Gasteiger partial charge < -0.3 is 15.0 Å². The number of ether oxygens (including phenoxy) is 1. The predicted octanol–water partition coefficient (Wildman–Crippen LogP) is 3.76. The second-order valence-electron chi connectivity index (χ2n) is 9.31. The van der Waals surface area contributed by atoms with Crippen LogP contribution >= 0.6 is 0 Å².